The highest BCUT2D eigenvalue weighted by Gasteiger charge is 2.24. The summed E-state index contributed by atoms with van der Waals surface area (Å²) in [5.74, 6) is -0.418. The number of hydrogen-bond acceptors (Lipinski definition) is 7. The fraction of sp³-hybridized carbons (Fsp3) is 0.0800. The Balaban J connectivity index is 1.74. The van der Waals surface area contributed by atoms with Gasteiger partial charge < -0.3 is 10.5 Å². The van der Waals surface area contributed by atoms with Gasteiger partial charge in [-0.2, -0.15) is 8.42 Å². The van der Waals surface area contributed by atoms with Gasteiger partial charge in [0, 0.05) is 5.56 Å². The standard InChI is InChI=1S/C25H22N4O4S/c1-16-11-14-21(17(2)15-16)33-25-19(12-13-20(27-25)18-7-4-3-5-8-18)24(30)29-34(31,32)23-10-6-9-22(26)28-23/h3-15H,1-2H3,(H2,26,28)(H,29,30). The summed E-state index contributed by atoms with van der Waals surface area (Å²) in [6, 6.07) is 22.2. The van der Waals surface area contributed by atoms with Crippen LogP contribution in [0.5, 0.6) is 11.6 Å². The number of amides is 1. The zero-order valence-corrected chi connectivity index (χ0v) is 19.3. The van der Waals surface area contributed by atoms with E-state index in [2.05, 4.69) is 9.97 Å². The van der Waals surface area contributed by atoms with Crippen LogP contribution in [0.1, 0.15) is 21.5 Å². The first-order valence-electron chi connectivity index (χ1n) is 10.3. The molecule has 0 aliphatic rings. The Labute approximate surface area is 197 Å². The Morgan fingerprint density at radius 1 is 0.912 bits per heavy atom. The Morgan fingerprint density at radius 3 is 2.38 bits per heavy atom. The van der Waals surface area contributed by atoms with Gasteiger partial charge in [-0.05, 0) is 49.7 Å². The highest BCUT2D eigenvalue weighted by Crippen LogP contribution is 2.30. The number of carbonyl (C=O) groups excluding carboxylic acids is 1. The molecule has 0 fully saturated rings. The third-order valence-electron chi connectivity index (χ3n) is 4.96. The van der Waals surface area contributed by atoms with Crippen LogP contribution in [0.3, 0.4) is 0 Å². The Bertz CT molecular complexity index is 1470. The molecule has 34 heavy (non-hydrogen) atoms. The zero-order chi connectivity index (χ0) is 24.3. The van der Waals surface area contributed by atoms with E-state index in [1.54, 1.807) is 12.1 Å². The van der Waals surface area contributed by atoms with E-state index >= 15 is 0 Å². The molecular weight excluding hydrogens is 452 g/mol. The molecule has 0 spiro atoms. The van der Waals surface area contributed by atoms with E-state index in [1.165, 1.54) is 24.3 Å². The lowest BCUT2D eigenvalue weighted by molar-refractivity contribution is 0.0978. The Hall–Kier alpha value is -4.24. The van der Waals surface area contributed by atoms with Gasteiger partial charge in [0.05, 0.1) is 5.69 Å². The molecular formula is C25H22N4O4S. The molecule has 3 N–H and O–H groups in total. The van der Waals surface area contributed by atoms with E-state index < -0.39 is 15.9 Å². The van der Waals surface area contributed by atoms with Crippen molar-refractivity contribution in [2.24, 2.45) is 0 Å². The Morgan fingerprint density at radius 2 is 1.68 bits per heavy atom. The maximum Gasteiger partial charge on any atom is 0.281 e. The number of nitrogens with two attached hydrogens (primary N) is 1. The lowest BCUT2D eigenvalue weighted by Crippen LogP contribution is -2.31. The van der Waals surface area contributed by atoms with Gasteiger partial charge in [-0.1, -0.05) is 54.1 Å². The molecule has 9 heteroatoms. The maximum absolute atomic E-state index is 13.0. The number of nitrogens with zero attached hydrogens (tertiary/aromatic N) is 2. The summed E-state index contributed by atoms with van der Waals surface area (Å²) in [5.41, 5.74) is 8.81. The largest absolute Gasteiger partial charge is 0.438 e. The predicted molar refractivity (Wildman–Crippen MR) is 129 cm³/mol. The van der Waals surface area contributed by atoms with Gasteiger partial charge in [0.15, 0.2) is 5.03 Å². The van der Waals surface area contributed by atoms with Crippen molar-refractivity contribution in [2.45, 2.75) is 18.9 Å². The van der Waals surface area contributed by atoms with Gasteiger partial charge >= 0.3 is 0 Å². The van der Waals surface area contributed by atoms with Crippen LogP contribution < -0.4 is 15.2 Å². The van der Waals surface area contributed by atoms with Gasteiger partial charge in [0.25, 0.3) is 15.9 Å². The SMILES string of the molecule is Cc1ccc(Oc2nc(-c3ccccc3)ccc2C(=O)NS(=O)(=O)c2cccc(N)n2)c(C)c1. The van der Waals surface area contributed by atoms with Gasteiger partial charge in [-0.15, -0.1) is 0 Å². The number of sulfonamides is 1. The van der Waals surface area contributed by atoms with Crippen LogP contribution >= 0.6 is 0 Å². The second-order valence-electron chi connectivity index (χ2n) is 7.62. The molecule has 4 aromatic rings. The summed E-state index contributed by atoms with van der Waals surface area (Å²) in [6.07, 6.45) is 0. The first-order chi connectivity index (χ1) is 16.2. The van der Waals surface area contributed by atoms with E-state index in [1.807, 2.05) is 61.0 Å². The second kappa shape index (κ2) is 9.32. The molecule has 0 aliphatic heterocycles. The third kappa shape index (κ3) is 5.05. The van der Waals surface area contributed by atoms with E-state index in [9.17, 15) is 13.2 Å². The number of nitrogen functional groups attached to an aromatic ring is 1. The van der Waals surface area contributed by atoms with Gasteiger partial charge in [-0.3, -0.25) is 4.79 Å². The minimum absolute atomic E-state index is 0.0167. The quantitative estimate of drug-likeness (QED) is 0.428. The van der Waals surface area contributed by atoms with Gasteiger partial charge in [-0.25, -0.2) is 14.7 Å². The highest BCUT2D eigenvalue weighted by molar-refractivity contribution is 7.90. The normalized spacial score (nSPS) is 11.1. The van der Waals surface area contributed by atoms with E-state index in [0.29, 0.717) is 11.4 Å². The molecule has 0 atom stereocenters. The molecule has 0 saturated heterocycles. The molecule has 2 heterocycles. The third-order valence-corrected chi connectivity index (χ3v) is 6.19. The van der Waals surface area contributed by atoms with Crippen molar-refractivity contribution in [3.05, 3.63) is 95.6 Å². The summed E-state index contributed by atoms with van der Waals surface area (Å²) in [4.78, 5) is 21.4. The van der Waals surface area contributed by atoms with Crippen molar-refractivity contribution in [2.75, 3.05) is 5.73 Å². The minimum atomic E-state index is -4.27. The van der Waals surface area contributed by atoms with Crippen LogP contribution in [0.15, 0.2) is 83.9 Å². The summed E-state index contributed by atoms with van der Waals surface area (Å²) in [7, 11) is -4.27. The van der Waals surface area contributed by atoms with E-state index in [0.717, 1.165) is 16.7 Å². The molecule has 2 aromatic heterocycles. The molecule has 0 unspecified atom stereocenters. The van der Waals surface area contributed by atoms with Gasteiger partial charge in [0.1, 0.15) is 17.1 Å². The molecule has 0 aliphatic carbocycles. The number of pyridine rings is 2. The Kier molecular flexibility index (Phi) is 6.29. The predicted octanol–water partition coefficient (Wildman–Crippen LogP) is 4.25. The number of hydrogen-bond donors (Lipinski definition) is 2. The highest BCUT2D eigenvalue weighted by atomic mass is 32.2. The smallest absolute Gasteiger partial charge is 0.281 e. The molecule has 172 valence electrons. The average molecular weight is 475 g/mol. The number of anilines is 1. The van der Waals surface area contributed by atoms with Crippen molar-refractivity contribution < 1.29 is 17.9 Å². The minimum Gasteiger partial charge on any atom is -0.438 e. The van der Waals surface area contributed by atoms with Crippen molar-refractivity contribution in [1.29, 1.82) is 0 Å². The van der Waals surface area contributed by atoms with Crippen LogP contribution in [0.2, 0.25) is 0 Å². The molecule has 4 rings (SSSR count). The van der Waals surface area contributed by atoms with Crippen LogP contribution in [0.25, 0.3) is 11.3 Å². The molecule has 0 bridgehead atoms. The van der Waals surface area contributed by atoms with E-state index in [-0.39, 0.29) is 22.3 Å². The summed E-state index contributed by atoms with van der Waals surface area (Å²) < 4.78 is 33.4. The van der Waals surface area contributed by atoms with Crippen LogP contribution in [-0.2, 0) is 10.0 Å². The number of aromatic nitrogens is 2. The fourth-order valence-electron chi connectivity index (χ4n) is 3.29. The zero-order valence-electron chi connectivity index (χ0n) is 18.5. The number of ether oxygens (including phenoxy) is 1. The van der Waals surface area contributed by atoms with E-state index in [4.69, 9.17) is 10.5 Å². The first-order valence-corrected chi connectivity index (χ1v) is 11.8. The summed E-state index contributed by atoms with van der Waals surface area (Å²) >= 11 is 0. The number of nitrogens with one attached hydrogen (secondary N) is 1. The monoisotopic (exact) mass is 474 g/mol. The summed E-state index contributed by atoms with van der Waals surface area (Å²) in [6.45, 7) is 3.83. The van der Waals surface area contributed by atoms with Crippen LogP contribution in [0.4, 0.5) is 5.82 Å². The molecule has 0 radical (unpaired) electrons. The molecule has 2 aromatic carbocycles. The number of benzene rings is 2. The number of carbonyl (C=O) groups is 1. The van der Waals surface area contributed by atoms with Crippen molar-refractivity contribution in [3.8, 4) is 22.9 Å². The van der Waals surface area contributed by atoms with Crippen molar-refractivity contribution >= 4 is 21.7 Å². The second-order valence-corrected chi connectivity index (χ2v) is 9.25. The first kappa shape index (κ1) is 22.9. The molecule has 8 nitrogen and oxygen atoms in total. The number of aryl methyl sites for hydroxylation is 2. The summed E-state index contributed by atoms with van der Waals surface area (Å²) in [5, 5.41) is -0.369. The van der Waals surface area contributed by atoms with Crippen molar-refractivity contribution in [1.82, 2.24) is 14.7 Å². The lowest BCUT2D eigenvalue weighted by Gasteiger charge is -2.14. The van der Waals surface area contributed by atoms with Crippen LogP contribution in [0, 0.1) is 13.8 Å². The van der Waals surface area contributed by atoms with Crippen molar-refractivity contribution in [3.63, 3.8) is 0 Å². The van der Waals surface area contributed by atoms with Crippen LogP contribution in [-0.4, -0.2) is 24.3 Å². The maximum atomic E-state index is 13.0. The lowest BCUT2D eigenvalue weighted by atomic mass is 10.1. The average Bonchev–Trinajstić information content (AvgIpc) is 2.81. The van der Waals surface area contributed by atoms with Gasteiger partial charge in [0.2, 0.25) is 5.88 Å². The fourth-order valence-corrected chi connectivity index (χ4v) is 4.23. The molecule has 1 amide bonds. The topological polar surface area (TPSA) is 124 Å². The number of rotatable bonds is 6. The molecule has 0 saturated carbocycles.